The minimum absolute atomic E-state index is 0.0240. The van der Waals surface area contributed by atoms with Crippen molar-refractivity contribution >= 4 is 17.5 Å². The van der Waals surface area contributed by atoms with Gasteiger partial charge in [0, 0.05) is 11.6 Å². The zero-order valence-corrected chi connectivity index (χ0v) is 13.3. The number of halogens is 1. The van der Waals surface area contributed by atoms with Crippen LogP contribution < -0.4 is 0 Å². The maximum absolute atomic E-state index is 12.7. The molecule has 2 aromatic rings. The van der Waals surface area contributed by atoms with Crippen molar-refractivity contribution in [2.24, 2.45) is 0 Å². The Hall–Kier alpha value is -2.39. The number of nitrogens with zero attached hydrogens (tertiary/aromatic N) is 5. The molecular formula is C16H16ClN5O. The Kier molecular flexibility index (Phi) is 4.58. The number of carbonyl (C=O) groups excluding carboxylic acids is 1. The highest BCUT2D eigenvalue weighted by molar-refractivity contribution is 6.30. The molecule has 7 heteroatoms. The second kappa shape index (κ2) is 6.80. The molecule has 1 aliphatic heterocycles. The van der Waals surface area contributed by atoms with Gasteiger partial charge in [-0.05, 0) is 37.0 Å². The zero-order chi connectivity index (χ0) is 16.2. The van der Waals surface area contributed by atoms with Crippen molar-refractivity contribution in [1.82, 2.24) is 19.7 Å². The van der Waals surface area contributed by atoms with Crippen LogP contribution in [0.1, 0.15) is 36.7 Å². The van der Waals surface area contributed by atoms with Gasteiger partial charge in [-0.25, -0.2) is 9.67 Å². The number of nitriles is 1. The van der Waals surface area contributed by atoms with Gasteiger partial charge in [0.1, 0.15) is 18.9 Å². The van der Waals surface area contributed by atoms with Crippen molar-refractivity contribution in [1.29, 1.82) is 5.26 Å². The van der Waals surface area contributed by atoms with E-state index in [4.69, 9.17) is 16.9 Å². The molecule has 0 N–H and O–H groups in total. The van der Waals surface area contributed by atoms with E-state index in [1.807, 2.05) is 35.2 Å². The van der Waals surface area contributed by atoms with Crippen LogP contribution >= 0.6 is 11.6 Å². The molecule has 118 valence electrons. The highest BCUT2D eigenvalue weighted by Crippen LogP contribution is 2.32. The van der Waals surface area contributed by atoms with Crippen LogP contribution in [0.5, 0.6) is 0 Å². The summed E-state index contributed by atoms with van der Waals surface area (Å²) in [5, 5.41) is 13.4. The molecule has 1 atom stereocenters. The number of amides is 1. The molecule has 1 saturated heterocycles. The first-order valence-corrected chi connectivity index (χ1v) is 7.89. The van der Waals surface area contributed by atoms with Gasteiger partial charge in [0.25, 0.3) is 5.82 Å². The van der Waals surface area contributed by atoms with Crippen LogP contribution in [0.4, 0.5) is 0 Å². The molecule has 23 heavy (non-hydrogen) atoms. The maximum Gasteiger partial charge on any atom is 0.252 e. The largest absolute Gasteiger partial charge is 0.334 e. The predicted octanol–water partition coefficient (Wildman–Crippen LogP) is 2.56. The minimum Gasteiger partial charge on any atom is -0.334 e. The van der Waals surface area contributed by atoms with Crippen LogP contribution in [-0.2, 0) is 11.3 Å². The van der Waals surface area contributed by atoms with E-state index in [1.54, 1.807) is 0 Å². The number of aromatic nitrogens is 3. The Labute approximate surface area is 139 Å². The second-order valence-electron chi connectivity index (χ2n) is 5.53. The Morgan fingerprint density at radius 2 is 2.30 bits per heavy atom. The molecule has 2 heterocycles. The van der Waals surface area contributed by atoms with Gasteiger partial charge < -0.3 is 4.90 Å². The summed E-state index contributed by atoms with van der Waals surface area (Å²) in [5.41, 5.74) is 1.06. The average molecular weight is 330 g/mol. The molecule has 0 spiro atoms. The van der Waals surface area contributed by atoms with Gasteiger partial charge in [-0.2, -0.15) is 5.26 Å². The first kappa shape index (κ1) is 15.5. The molecule has 1 unspecified atom stereocenters. The van der Waals surface area contributed by atoms with Gasteiger partial charge >= 0.3 is 0 Å². The molecule has 1 aromatic heterocycles. The topological polar surface area (TPSA) is 74.8 Å². The lowest BCUT2D eigenvalue weighted by Gasteiger charge is -2.36. The fourth-order valence-corrected chi connectivity index (χ4v) is 3.14. The number of hydrogen-bond acceptors (Lipinski definition) is 4. The molecular weight excluding hydrogens is 314 g/mol. The quantitative estimate of drug-likeness (QED) is 0.867. The third kappa shape index (κ3) is 3.51. The third-order valence-corrected chi connectivity index (χ3v) is 4.23. The van der Waals surface area contributed by atoms with E-state index in [0.29, 0.717) is 5.02 Å². The molecule has 1 aromatic carbocycles. The van der Waals surface area contributed by atoms with E-state index in [0.717, 1.165) is 31.4 Å². The SMILES string of the molecule is N#Cc1ncn(CC(=O)N2CCCCC2c2cccc(Cl)c2)n1. The maximum atomic E-state index is 12.7. The molecule has 0 radical (unpaired) electrons. The Morgan fingerprint density at radius 1 is 1.43 bits per heavy atom. The van der Waals surface area contributed by atoms with Gasteiger partial charge in [-0.3, -0.25) is 4.79 Å². The van der Waals surface area contributed by atoms with E-state index >= 15 is 0 Å². The zero-order valence-electron chi connectivity index (χ0n) is 12.5. The Balaban J connectivity index is 1.78. The summed E-state index contributed by atoms with van der Waals surface area (Å²) in [7, 11) is 0. The number of likely N-dealkylation sites (tertiary alicyclic amines) is 1. The van der Waals surface area contributed by atoms with Crippen LogP contribution in [-0.4, -0.2) is 32.1 Å². The molecule has 0 aliphatic carbocycles. The lowest BCUT2D eigenvalue weighted by atomic mass is 9.95. The molecule has 1 aliphatic rings. The molecule has 1 amide bonds. The highest BCUT2D eigenvalue weighted by atomic mass is 35.5. The predicted molar refractivity (Wildman–Crippen MR) is 84.5 cm³/mol. The fourth-order valence-electron chi connectivity index (χ4n) is 2.94. The van der Waals surface area contributed by atoms with E-state index in [1.165, 1.54) is 11.0 Å². The Morgan fingerprint density at radius 3 is 3.04 bits per heavy atom. The summed E-state index contributed by atoms with van der Waals surface area (Å²) >= 11 is 6.08. The van der Waals surface area contributed by atoms with Crippen molar-refractivity contribution in [2.45, 2.75) is 31.8 Å². The van der Waals surface area contributed by atoms with E-state index < -0.39 is 0 Å². The van der Waals surface area contributed by atoms with Crippen LogP contribution in [0, 0.1) is 11.3 Å². The van der Waals surface area contributed by atoms with Crippen molar-refractivity contribution < 1.29 is 4.79 Å². The van der Waals surface area contributed by atoms with Crippen molar-refractivity contribution in [2.75, 3.05) is 6.54 Å². The normalized spacial score (nSPS) is 17.7. The number of carbonyl (C=O) groups is 1. The summed E-state index contributed by atoms with van der Waals surface area (Å²) in [5.74, 6) is 0.0481. The summed E-state index contributed by atoms with van der Waals surface area (Å²) in [4.78, 5) is 18.4. The van der Waals surface area contributed by atoms with E-state index in [-0.39, 0.29) is 24.3 Å². The van der Waals surface area contributed by atoms with Crippen molar-refractivity contribution in [3.05, 3.63) is 47.0 Å². The number of hydrogen-bond donors (Lipinski definition) is 0. The number of rotatable bonds is 3. The molecule has 0 saturated carbocycles. The lowest BCUT2D eigenvalue weighted by molar-refractivity contribution is -0.135. The minimum atomic E-state index is -0.0240. The van der Waals surface area contributed by atoms with Gasteiger partial charge in [0.15, 0.2) is 0 Å². The first-order chi connectivity index (χ1) is 11.2. The summed E-state index contributed by atoms with van der Waals surface area (Å²) in [6.07, 6.45) is 4.41. The summed E-state index contributed by atoms with van der Waals surface area (Å²) in [6, 6.07) is 9.56. The fraction of sp³-hybridized carbons (Fsp3) is 0.375. The lowest BCUT2D eigenvalue weighted by Crippen LogP contribution is -2.40. The number of piperidine rings is 1. The van der Waals surface area contributed by atoms with Crippen LogP contribution in [0.25, 0.3) is 0 Å². The molecule has 1 fully saturated rings. The Bertz CT molecular complexity index is 751. The van der Waals surface area contributed by atoms with Gasteiger partial charge in [0.05, 0.1) is 6.04 Å². The first-order valence-electron chi connectivity index (χ1n) is 7.52. The van der Waals surface area contributed by atoms with Crippen molar-refractivity contribution in [3.8, 4) is 6.07 Å². The third-order valence-electron chi connectivity index (χ3n) is 3.99. The smallest absolute Gasteiger partial charge is 0.252 e. The van der Waals surface area contributed by atoms with Gasteiger partial charge in [0.2, 0.25) is 5.91 Å². The molecule has 0 bridgehead atoms. The summed E-state index contributed by atoms with van der Waals surface area (Å²) < 4.78 is 1.41. The monoisotopic (exact) mass is 329 g/mol. The average Bonchev–Trinajstić information content (AvgIpc) is 3.02. The van der Waals surface area contributed by atoms with E-state index in [2.05, 4.69) is 10.1 Å². The van der Waals surface area contributed by atoms with Crippen LogP contribution in [0.15, 0.2) is 30.6 Å². The van der Waals surface area contributed by atoms with Crippen molar-refractivity contribution in [3.63, 3.8) is 0 Å². The van der Waals surface area contributed by atoms with Gasteiger partial charge in [-0.15, -0.1) is 5.10 Å². The molecule has 3 rings (SSSR count). The van der Waals surface area contributed by atoms with Crippen LogP contribution in [0.3, 0.4) is 0 Å². The van der Waals surface area contributed by atoms with Gasteiger partial charge in [-0.1, -0.05) is 23.7 Å². The number of benzene rings is 1. The summed E-state index contributed by atoms with van der Waals surface area (Å²) in [6.45, 7) is 0.807. The highest BCUT2D eigenvalue weighted by Gasteiger charge is 2.28. The molecule has 6 nitrogen and oxygen atoms in total. The van der Waals surface area contributed by atoms with Crippen LogP contribution in [0.2, 0.25) is 5.02 Å². The second-order valence-corrected chi connectivity index (χ2v) is 5.97. The standard InChI is InChI=1S/C16H16ClN5O/c17-13-5-3-4-12(8-13)14-6-1-2-7-22(14)16(23)10-21-11-19-15(9-18)20-21/h3-5,8,11,14H,1-2,6-7,10H2. The van der Waals surface area contributed by atoms with E-state index in [9.17, 15) is 4.79 Å².